The van der Waals surface area contributed by atoms with Gasteiger partial charge in [-0.2, -0.15) is 0 Å². The molecule has 13 heavy (non-hydrogen) atoms. The molecule has 1 saturated heterocycles. The van der Waals surface area contributed by atoms with Gasteiger partial charge in [0.15, 0.2) is 5.67 Å². The molecule has 0 radical (unpaired) electrons. The number of halogens is 1. The summed E-state index contributed by atoms with van der Waals surface area (Å²) >= 11 is 0. The van der Waals surface area contributed by atoms with Crippen molar-refractivity contribution in [2.24, 2.45) is 0 Å². The predicted molar refractivity (Wildman–Crippen MR) is 47.1 cm³/mol. The van der Waals surface area contributed by atoms with E-state index in [-0.39, 0.29) is 0 Å². The number of nitrogens with zero attached hydrogens (tertiary/aromatic N) is 1. The molecule has 0 saturated carbocycles. The number of esters is 1. The van der Waals surface area contributed by atoms with Crippen molar-refractivity contribution >= 4 is 5.97 Å². The lowest BCUT2D eigenvalue weighted by Crippen LogP contribution is -2.55. The number of hydrogen-bond acceptors (Lipinski definition) is 3. The van der Waals surface area contributed by atoms with Gasteiger partial charge in [-0.1, -0.05) is 0 Å². The molecule has 4 heteroatoms. The molecule has 0 unspecified atom stereocenters. The molecule has 0 bridgehead atoms. The normalized spacial score (nSPS) is 21.5. The smallest absolute Gasteiger partial charge is 0.330 e. The van der Waals surface area contributed by atoms with Crippen LogP contribution in [0.3, 0.4) is 0 Å². The van der Waals surface area contributed by atoms with Crippen LogP contribution in [0.1, 0.15) is 6.92 Å². The highest BCUT2D eigenvalue weighted by Crippen LogP contribution is 2.24. The zero-order chi connectivity index (χ0) is 9.90. The second-order valence-corrected chi connectivity index (χ2v) is 3.29. The van der Waals surface area contributed by atoms with Crippen LogP contribution in [0.15, 0.2) is 12.2 Å². The first kappa shape index (κ1) is 10.2. The van der Waals surface area contributed by atoms with Gasteiger partial charge in [0.25, 0.3) is 0 Å². The van der Waals surface area contributed by atoms with Crippen LogP contribution in [0.2, 0.25) is 0 Å². The van der Waals surface area contributed by atoms with Crippen LogP contribution in [-0.2, 0) is 9.53 Å². The van der Waals surface area contributed by atoms with E-state index in [9.17, 15) is 9.18 Å². The van der Waals surface area contributed by atoms with Gasteiger partial charge in [-0.25, -0.2) is 9.18 Å². The Hall–Kier alpha value is -0.900. The van der Waals surface area contributed by atoms with E-state index in [4.69, 9.17) is 0 Å². The van der Waals surface area contributed by atoms with E-state index in [1.807, 2.05) is 11.9 Å². The monoisotopic (exact) mass is 187 g/mol. The molecule has 74 valence electrons. The van der Waals surface area contributed by atoms with Crippen LogP contribution < -0.4 is 0 Å². The van der Waals surface area contributed by atoms with E-state index in [1.165, 1.54) is 6.08 Å². The number of carbonyl (C=O) groups is 1. The zero-order valence-corrected chi connectivity index (χ0v) is 7.92. The SMILES string of the molecule is CCOC(=O)/C=C/C1(F)CN(C)C1. The lowest BCUT2D eigenvalue weighted by molar-refractivity contribution is -0.137. The molecule has 0 spiro atoms. The topological polar surface area (TPSA) is 29.5 Å². The van der Waals surface area contributed by atoms with Crippen molar-refractivity contribution < 1.29 is 13.9 Å². The van der Waals surface area contributed by atoms with Gasteiger partial charge in [0.2, 0.25) is 0 Å². The number of rotatable bonds is 3. The molecule has 0 aromatic carbocycles. The van der Waals surface area contributed by atoms with Crippen LogP contribution in [0.5, 0.6) is 0 Å². The van der Waals surface area contributed by atoms with Gasteiger partial charge >= 0.3 is 5.97 Å². The maximum atomic E-state index is 13.4. The molecule has 0 aliphatic carbocycles. The van der Waals surface area contributed by atoms with Gasteiger partial charge in [0, 0.05) is 19.2 Å². The van der Waals surface area contributed by atoms with Crippen LogP contribution in [0, 0.1) is 0 Å². The van der Waals surface area contributed by atoms with Crippen LogP contribution in [0.25, 0.3) is 0 Å². The van der Waals surface area contributed by atoms with Gasteiger partial charge in [-0.05, 0) is 20.0 Å². The fraction of sp³-hybridized carbons (Fsp3) is 0.667. The van der Waals surface area contributed by atoms with Gasteiger partial charge in [-0.3, -0.25) is 4.90 Å². The highest BCUT2D eigenvalue weighted by atomic mass is 19.1. The maximum Gasteiger partial charge on any atom is 0.330 e. The highest BCUT2D eigenvalue weighted by molar-refractivity contribution is 5.82. The van der Waals surface area contributed by atoms with Crippen molar-refractivity contribution in [3.63, 3.8) is 0 Å². The Kier molecular flexibility index (Phi) is 3.03. The second kappa shape index (κ2) is 3.87. The summed E-state index contributed by atoms with van der Waals surface area (Å²) in [5.41, 5.74) is -1.33. The summed E-state index contributed by atoms with van der Waals surface area (Å²) in [6, 6.07) is 0. The lowest BCUT2D eigenvalue weighted by Gasteiger charge is -2.40. The Bertz CT molecular complexity index is 222. The number of likely N-dealkylation sites (tertiary alicyclic amines) is 1. The van der Waals surface area contributed by atoms with E-state index in [1.54, 1.807) is 6.92 Å². The first-order valence-corrected chi connectivity index (χ1v) is 4.29. The first-order chi connectivity index (χ1) is 6.06. The summed E-state index contributed by atoms with van der Waals surface area (Å²) in [5.74, 6) is -0.478. The standard InChI is InChI=1S/C9H14FNO2/c1-3-13-8(12)4-5-9(10)6-11(2)7-9/h4-5H,3,6-7H2,1-2H3/b5-4+. The maximum absolute atomic E-state index is 13.4. The molecule has 0 amide bonds. The van der Waals surface area contributed by atoms with E-state index >= 15 is 0 Å². The fourth-order valence-electron chi connectivity index (χ4n) is 1.36. The summed E-state index contributed by atoms with van der Waals surface area (Å²) < 4.78 is 18.0. The van der Waals surface area contributed by atoms with Crippen molar-refractivity contribution in [2.75, 3.05) is 26.7 Å². The average molecular weight is 187 g/mol. The van der Waals surface area contributed by atoms with Crippen molar-refractivity contribution in [2.45, 2.75) is 12.6 Å². The number of carbonyl (C=O) groups excluding carboxylic acids is 1. The molecular formula is C9H14FNO2. The van der Waals surface area contributed by atoms with Crippen LogP contribution in [0.4, 0.5) is 4.39 Å². The largest absolute Gasteiger partial charge is 0.463 e. The fourth-order valence-corrected chi connectivity index (χ4v) is 1.36. The molecule has 1 aliphatic heterocycles. The van der Waals surface area contributed by atoms with Crippen molar-refractivity contribution in [1.82, 2.24) is 4.90 Å². The Morgan fingerprint density at radius 1 is 1.69 bits per heavy atom. The third-order valence-corrected chi connectivity index (χ3v) is 1.87. The molecule has 0 aromatic rings. The molecule has 1 heterocycles. The van der Waals surface area contributed by atoms with Gasteiger partial charge in [0.1, 0.15) is 0 Å². The Morgan fingerprint density at radius 3 is 2.77 bits per heavy atom. The Balaban J connectivity index is 2.35. The molecule has 1 rings (SSSR count). The van der Waals surface area contributed by atoms with E-state index in [0.29, 0.717) is 19.7 Å². The lowest BCUT2D eigenvalue weighted by atomic mass is 9.97. The summed E-state index contributed by atoms with van der Waals surface area (Å²) in [7, 11) is 1.83. The van der Waals surface area contributed by atoms with Gasteiger partial charge in [0.05, 0.1) is 6.61 Å². The quantitative estimate of drug-likeness (QED) is 0.482. The summed E-state index contributed by atoms with van der Waals surface area (Å²) in [6.07, 6.45) is 2.45. The molecule has 0 aromatic heterocycles. The molecule has 0 atom stereocenters. The zero-order valence-electron chi connectivity index (χ0n) is 7.92. The minimum atomic E-state index is -1.33. The predicted octanol–water partition coefficient (Wildman–Crippen LogP) is 0.759. The van der Waals surface area contributed by atoms with Gasteiger partial charge < -0.3 is 4.74 Å². The molecule has 1 aliphatic rings. The third-order valence-electron chi connectivity index (χ3n) is 1.87. The van der Waals surface area contributed by atoms with Crippen molar-refractivity contribution in [1.29, 1.82) is 0 Å². The second-order valence-electron chi connectivity index (χ2n) is 3.29. The molecular weight excluding hydrogens is 173 g/mol. The summed E-state index contributed by atoms with van der Waals surface area (Å²) in [5, 5.41) is 0. The van der Waals surface area contributed by atoms with Crippen molar-refractivity contribution in [3.05, 3.63) is 12.2 Å². The molecule has 1 fully saturated rings. The summed E-state index contributed by atoms with van der Waals surface area (Å²) in [4.78, 5) is 12.7. The summed E-state index contributed by atoms with van der Waals surface area (Å²) in [6.45, 7) is 2.74. The van der Waals surface area contributed by atoms with E-state index < -0.39 is 11.6 Å². The van der Waals surface area contributed by atoms with Crippen LogP contribution >= 0.6 is 0 Å². The van der Waals surface area contributed by atoms with E-state index in [2.05, 4.69) is 4.74 Å². The van der Waals surface area contributed by atoms with Crippen LogP contribution in [-0.4, -0.2) is 43.3 Å². The number of alkyl halides is 1. The highest BCUT2D eigenvalue weighted by Gasteiger charge is 2.38. The number of ether oxygens (including phenoxy) is 1. The molecule has 3 nitrogen and oxygen atoms in total. The minimum Gasteiger partial charge on any atom is -0.463 e. The Labute approximate surface area is 77.2 Å². The third kappa shape index (κ3) is 2.81. The van der Waals surface area contributed by atoms with Crippen molar-refractivity contribution in [3.8, 4) is 0 Å². The first-order valence-electron chi connectivity index (χ1n) is 4.29. The van der Waals surface area contributed by atoms with E-state index in [0.717, 1.165) is 6.08 Å². The number of hydrogen-bond donors (Lipinski definition) is 0. The Morgan fingerprint density at radius 2 is 2.31 bits per heavy atom. The molecule has 0 N–H and O–H groups in total. The van der Waals surface area contributed by atoms with Gasteiger partial charge in [-0.15, -0.1) is 0 Å². The minimum absolute atomic E-state index is 0.322. The average Bonchev–Trinajstić information content (AvgIpc) is 1.99.